The van der Waals surface area contributed by atoms with E-state index in [2.05, 4.69) is 10.3 Å². The molecule has 1 aromatic carbocycles. The highest BCUT2D eigenvalue weighted by Gasteiger charge is 2.31. The number of halogens is 3. The van der Waals surface area contributed by atoms with E-state index in [0.29, 0.717) is 18.4 Å². The SMILES string of the molecule is COc1cc(CNC2CCN(c3ccc(C(F)(F)F)cn3)CC2)cc(OC)c1. The fourth-order valence-corrected chi connectivity index (χ4v) is 3.28. The molecule has 0 amide bonds. The zero-order valence-electron chi connectivity index (χ0n) is 15.9. The number of rotatable bonds is 6. The number of alkyl halides is 3. The van der Waals surface area contributed by atoms with Gasteiger partial charge in [-0.25, -0.2) is 4.98 Å². The molecular formula is C20H24F3N3O2. The van der Waals surface area contributed by atoms with Crippen LogP contribution in [0, 0.1) is 0 Å². The Labute approximate surface area is 162 Å². The van der Waals surface area contributed by atoms with Crippen molar-refractivity contribution in [2.45, 2.75) is 31.6 Å². The number of benzene rings is 1. The number of hydrogen-bond acceptors (Lipinski definition) is 5. The predicted octanol–water partition coefficient (Wildman–Crippen LogP) is 3.88. The number of piperidine rings is 1. The Morgan fingerprint density at radius 3 is 2.21 bits per heavy atom. The molecule has 1 aliphatic heterocycles. The molecule has 1 aliphatic rings. The molecule has 0 spiro atoms. The third-order valence-electron chi connectivity index (χ3n) is 4.90. The van der Waals surface area contributed by atoms with Crippen molar-refractivity contribution < 1.29 is 22.6 Å². The zero-order valence-corrected chi connectivity index (χ0v) is 15.9. The van der Waals surface area contributed by atoms with Crippen LogP contribution < -0.4 is 19.7 Å². The Hall–Kier alpha value is -2.48. The average molecular weight is 395 g/mol. The van der Waals surface area contributed by atoms with Gasteiger partial charge in [0.1, 0.15) is 17.3 Å². The maximum Gasteiger partial charge on any atom is 0.417 e. The van der Waals surface area contributed by atoms with Gasteiger partial charge in [0.15, 0.2) is 0 Å². The van der Waals surface area contributed by atoms with Crippen LogP contribution in [0.4, 0.5) is 19.0 Å². The van der Waals surface area contributed by atoms with Crippen molar-refractivity contribution in [2.24, 2.45) is 0 Å². The van der Waals surface area contributed by atoms with Gasteiger partial charge in [0.25, 0.3) is 0 Å². The van der Waals surface area contributed by atoms with Gasteiger partial charge >= 0.3 is 6.18 Å². The van der Waals surface area contributed by atoms with E-state index < -0.39 is 11.7 Å². The summed E-state index contributed by atoms with van der Waals surface area (Å²) < 4.78 is 48.5. The van der Waals surface area contributed by atoms with Gasteiger partial charge < -0.3 is 19.7 Å². The van der Waals surface area contributed by atoms with Gasteiger partial charge in [-0.3, -0.25) is 0 Å². The summed E-state index contributed by atoms with van der Waals surface area (Å²) in [7, 11) is 3.24. The molecule has 0 radical (unpaired) electrons. The lowest BCUT2D eigenvalue weighted by Gasteiger charge is -2.33. The van der Waals surface area contributed by atoms with E-state index >= 15 is 0 Å². The first kappa shape index (κ1) is 20.3. The molecule has 2 aromatic rings. The summed E-state index contributed by atoms with van der Waals surface area (Å²) in [6.07, 6.45) is -1.67. The third-order valence-corrected chi connectivity index (χ3v) is 4.90. The van der Waals surface area contributed by atoms with Crippen molar-refractivity contribution in [3.8, 4) is 11.5 Å². The summed E-state index contributed by atoms with van der Waals surface area (Å²) in [6, 6.07) is 8.64. The van der Waals surface area contributed by atoms with E-state index in [-0.39, 0.29) is 0 Å². The maximum absolute atomic E-state index is 12.7. The van der Waals surface area contributed by atoms with E-state index in [1.807, 2.05) is 23.1 Å². The lowest BCUT2D eigenvalue weighted by atomic mass is 10.0. The van der Waals surface area contributed by atoms with Crippen molar-refractivity contribution in [3.05, 3.63) is 47.7 Å². The molecule has 1 saturated heterocycles. The van der Waals surface area contributed by atoms with E-state index in [1.165, 1.54) is 6.07 Å². The number of ether oxygens (including phenoxy) is 2. The fourth-order valence-electron chi connectivity index (χ4n) is 3.28. The lowest BCUT2D eigenvalue weighted by Crippen LogP contribution is -2.42. The molecule has 0 unspecified atom stereocenters. The second-order valence-electron chi connectivity index (χ2n) is 6.77. The van der Waals surface area contributed by atoms with E-state index in [0.717, 1.165) is 55.3 Å². The molecular weight excluding hydrogens is 371 g/mol. The summed E-state index contributed by atoms with van der Waals surface area (Å²) >= 11 is 0. The molecule has 5 nitrogen and oxygen atoms in total. The molecule has 1 N–H and O–H groups in total. The maximum atomic E-state index is 12.7. The minimum Gasteiger partial charge on any atom is -0.497 e. The van der Waals surface area contributed by atoms with E-state index in [4.69, 9.17) is 9.47 Å². The first-order chi connectivity index (χ1) is 13.4. The molecule has 3 rings (SSSR count). The van der Waals surface area contributed by atoms with Gasteiger partial charge in [0.05, 0.1) is 19.8 Å². The lowest BCUT2D eigenvalue weighted by molar-refractivity contribution is -0.137. The highest BCUT2D eigenvalue weighted by molar-refractivity contribution is 5.40. The Bertz CT molecular complexity index is 751. The molecule has 0 bridgehead atoms. The standard InChI is InChI=1S/C20H24F3N3O2/c1-27-17-9-14(10-18(11-17)28-2)12-24-16-5-7-26(8-6-16)19-4-3-15(13-25-19)20(21,22)23/h3-4,9-11,13,16,24H,5-8,12H2,1-2H3. The van der Waals surface area contributed by atoms with Crippen LogP contribution in [-0.4, -0.2) is 38.3 Å². The molecule has 152 valence electrons. The smallest absolute Gasteiger partial charge is 0.417 e. The van der Waals surface area contributed by atoms with Crippen LogP contribution in [0.3, 0.4) is 0 Å². The number of methoxy groups -OCH3 is 2. The number of aromatic nitrogens is 1. The zero-order chi connectivity index (χ0) is 20.1. The van der Waals surface area contributed by atoms with Crippen LogP contribution in [0.1, 0.15) is 24.0 Å². The Balaban J connectivity index is 1.52. The van der Waals surface area contributed by atoms with Crippen molar-refractivity contribution in [3.63, 3.8) is 0 Å². The molecule has 1 aromatic heterocycles. The average Bonchev–Trinajstić information content (AvgIpc) is 2.71. The van der Waals surface area contributed by atoms with Gasteiger partial charge in [-0.05, 0) is 42.7 Å². The Morgan fingerprint density at radius 1 is 1.07 bits per heavy atom. The summed E-state index contributed by atoms with van der Waals surface area (Å²) in [6.45, 7) is 2.19. The second-order valence-corrected chi connectivity index (χ2v) is 6.77. The Kier molecular flexibility index (Phi) is 6.28. The highest BCUT2D eigenvalue weighted by atomic mass is 19.4. The molecule has 8 heteroatoms. The predicted molar refractivity (Wildman–Crippen MR) is 101 cm³/mol. The van der Waals surface area contributed by atoms with Crippen LogP contribution in [0.25, 0.3) is 0 Å². The molecule has 28 heavy (non-hydrogen) atoms. The molecule has 0 atom stereocenters. The van der Waals surface area contributed by atoms with Crippen LogP contribution in [0.15, 0.2) is 36.5 Å². The molecule has 2 heterocycles. The van der Waals surface area contributed by atoms with E-state index in [1.54, 1.807) is 14.2 Å². The number of pyridine rings is 1. The summed E-state index contributed by atoms with van der Waals surface area (Å²) in [5.41, 5.74) is 0.351. The second kappa shape index (κ2) is 8.68. The summed E-state index contributed by atoms with van der Waals surface area (Å²) in [4.78, 5) is 6.00. The van der Waals surface area contributed by atoms with Gasteiger partial charge in [-0.1, -0.05) is 0 Å². The quantitative estimate of drug-likeness (QED) is 0.805. The Morgan fingerprint density at radius 2 is 1.71 bits per heavy atom. The van der Waals surface area contributed by atoms with Crippen LogP contribution in [0.5, 0.6) is 11.5 Å². The van der Waals surface area contributed by atoms with Crippen LogP contribution >= 0.6 is 0 Å². The first-order valence-electron chi connectivity index (χ1n) is 9.12. The summed E-state index contributed by atoms with van der Waals surface area (Å²) in [5, 5.41) is 3.53. The van der Waals surface area contributed by atoms with Crippen LogP contribution in [0.2, 0.25) is 0 Å². The fraction of sp³-hybridized carbons (Fsp3) is 0.450. The number of hydrogen-bond donors (Lipinski definition) is 1. The molecule has 0 saturated carbocycles. The monoisotopic (exact) mass is 395 g/mol. The molecule has 0 aliphatic carbocycles. The topological polar surface area (TPSA) is 46.6 Å². The van der Waals surface area contributed by atoms with Gasteiger partial charge in [0.2, 0.25) is 0 Å². The minimum atomic E-state index is -4.36. The van der Waals surface area contributed by atoms with Gasteiger partial charge in [-0.15, -0.1) is 0 Å². The van der Waals surface area contributed by atoms with Gasteiger partial charge in [0, 0.05) is 37.9 Å². The number of anilines is 1. The first-order valence-corrected chi connectivity index (χ1v) is 9.12. The number of nitrogens with one attached hydrogen (secondary N) is 1. The van der Waals surface area contributed by atoms with E-state index in [9.17, 15) is 13.2 Å². The van der Waals surface area contributed by atoms with Crippen molar-refractivity contribution in [1.29, 1.82) is 0 Å². The largest absolute Gasteiger partial charge is 0.497 e. The highest BCUT2D eigenvalue weighted by Crippen LogP contribution is 2.30. The van der Waals surface area contributed by atoms with Crippen LogP contribution in [-0.2, 0) is 12.7 Å². The number of nitrogens with zero attached hydrogens (tertiary/aromatic N) is 2. The third kappa shape index (κ3) is 5.07. The van der Waals surface area contributed by atoms with Crippen molar-refractivity contribution >= 4 is 5.82 Å². The summed E-state index contributed by atoms with van der Waals surface area (Å²) in [5.74, 6) is 2.09. The van der Waals surface area contributed by atoms with Gasteiger partial charge in [-0.2, -0.15) is 13.2 Å². The molecule has 1 fully saturated rings. The van der Waals surface area contributed by atoms with Crippen molar-refractivity contribution in [1.82, 2.24) is 10.3 Å². The minimum absolute atomic E-state index is 0.336. The van der Waals surface area contributed by atoms with Crippen molar-refractivity contribution in [2.75, 3.05) is 32.2 Å². The normalized spacial score (nSPS) is 15.5.